The zero-order chi connectivity index (χ0) is 18.8. The fourth-order valence-corrected chi connectivity index (χ4v) is 4.58. The molecule has 4 rings (SSSR count). The lowest BCUT2D eigenvalue weighted by Crippen LogP contribution is -2.26. The van der Waals surface area contributed by atoms with Crippen LogP contribution in [-0.4, -0.2) is 43.6 Å². The summed E-state index contributed by atoms with van der Waals surface area (Å²) in [6, 6.07) is 0. The number of fused-ring (bicyclic) bond motifs is 1. The van der Waals surface area contributed by atoms with Crippen LogP contribution in [0.1, 0.15) is 47.0 Å². The van der Waals surface area contributed by atoms with Crippen molar-refractivity contribution >= 4 is 28.2 Å². The van der Waals surface area contributed by atoms with Crippen LogP contribution in [0.15, 0.2) is 12.5 Å². The molecule has 4 heterocycles. The summed E-state index contributed by atoms with van der Waals surface area (Å²) in [5.41, 5.74) is 2.91. The predicted octanol–water partition coefficient (Wildman–Crippen LogP) is 2.24. The first-order chi connectivity index (χ1) is 13.1. The molecule has 9 heteroatoms. The number of anilines is 1. The quantitative estimate of drug-likeness (QED) is 0.699. The van der Waals surface area contributed by atoms with E-state index in [2.05, 4.69) is 30.7 Å². The summed E-state index contributed by atoms with van der Waals surface area (Å²) in [5, 5.41) is 11.2. The van der Waals surface area contributed by atoms with Crippen LogP contribution < -0.4 is 10.6 Å². The van der Waals surface area contributed by atoms with Gasteiger partial charge in [0, 0.05) is 28.9 Å². The van der Waals surface area contributed by atoms with Gasteiger partial charge in [-0.15, -0.1) is 11.3 Å². The number of amides is 1. The summed E-state index contributed by atoms with van der Waals surface area (Å²) in [4.78, 5) is 26.6. The summed E-state index contributed by atoms with van der Waals surface area (Å²) in [6.45, 7) is 6.02. The highest BCUT2D eigenvalue weighted by Crippen LogP contribution is 2.31. The molecule has 3 aromatic rings. The fourth-order valence-electron chi connectivity index (χ4n) is 3.58. The van der Waals surface area contributed by atoms with E-state index in [0.29, 0.717) is 29.7 Å². The highest BCUT2D eigenvalue weighted by atomic mass is 32.1. The minimum Gasteiger partial charge on any atom is -0.317 e. The summed E-state index contributed by atoms with van der Waals surface area (Å²) in [6.07, 6.45) is 6.66. The SMILES string of the molecule is Cc1nc2ncnn2c(C)c1CCC(=O)Nc1ncc(C2CCNCC2)s1. The number of aromatic nitrogens is 5. The molecule has 0 bridgehead atoms. The predicted molar refractivity (Wildman–Crippen MR) is 104 cm³/mol. The third kappa shape index (κ3) is 3.84. The lowest BCUT2D eigenvalue weighted by molar-refractivity contribution is -0.116. The number of piperidine rings is 1. The third-order valence-corrected chi connectivity index (χ3v) is 6.18. The molecule has 0 atom stereocenters. The first kappa shape index (κ1) is 18.0. The van der Waals surface area contributed by atoms with Crippen LogP contribution in [0.25, 0.3) is 5.78 Å². The van der Waals surface area contributed by atoms with Crippen molar-refractivity contribution in [1.29, 1.82) is 0 Å². The topological polar surface area (TPSA) is 97.1 Å². The van der Waals surface area contributed by atoms with Crippen LogP contribution in [-0.2, 0) is 11.2 Å². The number of nitrogens with zero attached hydrogens (tertiary/aromatic N) is 5. The van der Waals surface area contributed by atoms with E-state index in [1.165, 1.54) is 11.2 Å². The van der Waals surface area contributed by atoms with Crippen molar-refractivity contribution in [2.24, 2.45) is 0 Å². The zero-order valence-corrected chi connectivity index (χ0v) is 16.3. The monoisotopic (exact) mass is 385 g/mol. The minimum atomic E-state index is -0.0290. The Morgan fingerprint density at radius 3 is 2.96 bits per heavy atom. The van der Waals surface area contributed by atoms with Gasteiger partial charge in [-0.05, 0) is 57.7 Å². The normalized spacial score (nSPS) is 15.3. The molecule has 0 aromatic carbocycles. The van der Waals surface area contributed by atoms with Gasteiger partial charge in [0.2, 0.25) is 5.91 Å². The zero-order valence-electron chi connectivity index (χ0n) is 15.5. The second-order valence-electron chi connectivity index (χ2n) is 6.87. The molecule has 1 aliphatic rings. The summed E-state index contributed by atoms with van der Waals surface area (Å²) < 4.78 is 1.71. The van der Waals surface area contributed by atoms with Crippen LogP contribution in [0.5, 0.6) is 0 Å². The van der Waals surface area contributed by atoms with Crippen LogP contribution in [0.3, 0.4) is 0 Å². The van der Waals surface area contributed by atoms with Crippen molar-refractivity contribution in [3.63, 3.8) is 0 Å². The maximum Gasteiger partial charge on any atom is 0.252 e. The summed E-state index contributed by atoms with van der Waals surface area (Å²) in [5.74, 6) is 1.12. The Bertz CT molecular complexity index is 958. The molecule has 3 aromatic heterocycles. The lowest BCUT2D eigenvalue weighted by Gasteiger charge is -2.20. The Morgan fingerprint density at radius 2 is 2.15 bits per heavy atom. The lowest BCUT2D eigenvalue weighted by atomic mass is 9.97. The van der Waals surface area contributed by atoms with E-state index in [0.717, 1.165) is 42.9 Å². The number of hydrogen-bond acceptors (Lipinski definition) is 7. The molecule has 2 N–H and O–H groups in total. The van der Waals surface area contributed by atoms with Gasteiger partial charge in [-0.3, -0.25) is 4.79 Å². The van der Waals surface area contributed by atoms with E-state index in [1.54, 1.807) is 15.9 Å². The van der Waals surface area contributed by atoms with Crippen molar-refractivity contribution in [1.82, 2.24) is 29.9 Å². The van der Waals surface area contributed by atoms with E-state index in [9.17, 15) is 4.79 Å². The van der Waals surface area contributed by atoms with Crippen LogP contribution in [0.2, 0.25) is 0 Å². The average molecular weight is 385 g/mol. The molecule has 0 saturated carbocycles. The van der Waals surface area contributed by atoms with Gasteiger partial charge in [0.25, 0.3) is 5.78 Å². The second-order valence-corrected chi connectivity index (χ2v) is 7.94. The molecule has 1 amide bonds. The molecule has 0 spiro atoms. The first-order valence-electron chi connectivity index (χ1n) is 9.24. The molecule has 1 aliphatic heterocycles. The third-order valence-electron chi connectivity index (χ3n) is 5.10. The van der Waals surface area contributed by atoms with Crippen LogP contribution >= 0.6 is 11.3 Å². The van der Waals surface area contributed by atoms with Gasteiger partial charge in [0.15, 0.2) is 5.13 Å². The smallest absolute Gasteiger partial charge is 0.252 e. The van der Waals surface area contributed by atoms with Gasteiger partial charge < -0.3 is 10.6 Å². The van der Waals surface area contributed by atoms with E-state index in [-0.39, 0.29) is 5.91 Å². The van der Waals surface area contributed by atoms with Crippen molar-refractivity contribution < 1.29 is 4.79 Å². The highest BCUT2D eigenvalue weighted by molar-refractivity contribution is 7.15. The average Bonchev–Trinajstić information content (AvgIpc) is 3.32. The summed E-state index contributed by atoms with van der Waals surface area (Å²) in [7, 11) is 0. The number of hydrogen-bond donors (Lipinski definition) is 2. The Balaban J connectivity index is 1.38. The second kappa shape index (κ2) is 7.69. The van der Waals surface area contributed by atoms with Crippen molar-refractivity contribution in [3.8, 4) is 0 Å². The molecule has 142 valence electrons. The molecule has 1 saturated heterocycles. The number of rotatable bonds is 5. The van der Waals surface area contributed by atoms with E-state index in [1.807, 2.05) is 20.0 Å². The van der Waals surface area contributed by atoms with E-state index < -0.39 is 0 Å². The van der Waals surface area contributed by atoms with Gasteiger partial charge in [-0.2, -0.15) is 10.1 Å². The Labute approximate surface area is 161 Å². The minimum absolute atomic E-state index is 0.0290. The molecule has 0 unspecified atom stereocenters. The molecular weight excluding hydrogens is 362 g/mol. The Hall–Kier alpha value is -2.39. The maximum atomic E-state index is 12.4. The van der Waals surface area contributed by atoms with E-state index in [4.69, 9.17) is 0 Å². The number of aryl methyl sites for hydroxylation is 2. The molecule has 27 heavy (non-hydrogen) atoms. The number of nitrogens with one attached hydrogen (secondary N) is 2. The van der Waals surface area contributed by atoms with Crippen molar-refractivity contribution in [2.45, 2.75) is 45.4 Å². The van der Waals surface area contributed by atoms with Crippen LogP contribution in [0.4, 0.5) is 5.13 Å². The standard InChI is InChI=1S/C18H23N7OS/c1-11-14(12(2)25-17(23-11)21-10-22-25)3-4-16(26)24-18-20-9-15(27-18)13-5-7-19-8-6-13/h9-10,13,19H,3-8H2,1-2H3,(H,20,24,26). The first-order valence-corrected chi connectivity index (χ1v) is 10.1. The van der Waals surface area contributed by atoms with Crippen molar-refractivity contribution in [2.75, 3.05) is 18.4 Å². The maximum absolute atomic E-state index is 12.4. The van der Waals surface area contributed by atoms with Crippen molar-refractivity contribution in [3.05, 3.63) is 34.4 Å². The van der Waals surface area contributed by atoms with Crippen LogP contribution in [0, 0.1) is 13.8 Å². The Kier molecular flexibility index (Phi) is 5.13. The number of thiazole rings is 1. The largest absolute Gasteiger partial charge is 0.317 e. The molecule has 1 fully saturated rings. The number of carbonyl (C=O) groups is 1. The molecule has 0 radical (unpaired) electrons. The molecular formula is C18H23N7OS. The van der Waals surface area contributed by atoms with E-state index >= 15 is 0 Å². The molecule has 8 nitrogen and oxygen atoms in total. The van der Waals surface area contributed by atoms with Gasteiger partial charge in [0.05, 0.1) is 0 Å². The van der Waals surface area contributed by atoms with Gasteiger partial charge in [-0.1, -0.05) is 0 Å². The molecule has 0 aliphatic carbocycles. The van der Waals surface area contributed by atoms with Gasteiger partial charge >= 0.3 is 0 Å². The highest BCUT2D eigenvalue weighted by Gasteiger charge is 2.18. The Morgan fingerprint density at radius 1 is 1.33 bits per heavy atom. The van der Waals surface area contributed by atoms with Gasteiger partial charge in [-0.25, -0.2) is 14.5 Å². The van der Waals surface area contributed by atoms with Gasteiger partial charge in [0.1, 0.15) is 6.33 Å². The summed E-state index contributed by atoms with van der Waals surface area (Å²) >= 11 is 1.59. The number of carbonyl (C=O) groups excluding carboxylic acids is 1. The fraction of sp³-hybridized carbons (Fsp3) is 0.500.